The van der Waals surface area contributed by atoms with Crippen LogP contribution in [0.3, 0.4) is 0 Å². The van der Waals surface area contributed by atoms with Crippen molar-refractivity contribution in [1.29, 1.82) is 0 Å². The first-order valence-corrected chi connectivity index (χ1v) is 30.8. The van der Waals surface area contributed by atoms with Gasteiger partial charge in [-0.1, -0.05) is 268 Å². The molecule has 0 aliphatic heterocycles. The molecule has 1 atom stereocenters. The van der Waals surface area contributed by atoms with Crippen molar-refractivity contribution < 1.29 is 28.6 Å². The number of carbonyl (C=O) groups is 3. The fourth-order valence-electron chi connectivity index (χ4n) is 8.83. The van der Waals surface area contributed by atoms with Crippen molar-refractivity contribution in [2.75, 3.05) is 13.2 Å². The van der Waals surface area contributed by atoms with Gasteiger partial charge in [-0.25, -0.2) is 0 Å². The molecule has 6 nitrogen and oxygen atoms in total. The van der Waals surface area contributed by atoms with Crippen LogP contribution in [0.5, 0.6) is 0 Å². The highest BCUT2D eigenvalue weighted by molar-refractivity contribution is 5.71. The molecule has 0 aliphatic carbocycles. The quantitative estimate of drug-likeness (QED) is 0.0261. The van der Waals surface area contributed by atoms with E-state index in [4.69, 9.17) is 14.2 Å². The fourth-order valence-corrected chi connectivity index (χ4v) is 8.83. The van der Waals surface area contributed by atoms with E-state index in [0.29, 0.717) is 19.3 Å². The molecule has 0 unspecified atom stereocenters. The Morgan fingerprint density at radius 2 is 0.507 bits per heavy atom. The van der Waals surface area contributed by atoms with Gasteiger partial charge < -0.3 is 14.2 Å². The van der Waals surface area contributed by atoms with E-state index in [1.807, 2.05) is 0 Å². The molecular weight excluding hydrogens is 877 g/mol. The van der Waals surface area contributed by atoms with Gasteiger partial charge in [-0.15, -0.1) is 0 Å². The van der Waals surface area contributed by atoms with Gasteiger partial charge in [0.05, 0.1) is 0 Å². The predicted molar refractivity (Wildman–Crippen MR) is 307 cm³/mol. The van der Waals surface area contributed by atoms with E-state index in [1.165, 1.54) is 180 Å². The summed E-state index contributed by atoms with van der Waals surface area (Å²) in [5.41, 5.74) is 0. The van der Waals surface area contributed by atoms with Gasteiger partial charge in [-0.2, -0.15) is 0 Å². The Balaban J connectivity index is 4.39. The molecule has 0 rings (SSSR count). The van der Waals surface area contributed by atoms with Crippen molar-refractivity contribution in [3.05, 3.63) is 60.8 Å². The van der Waals surface area contributed by atoms with Gasteiger partial charge >= 0.3 is 17.9 Å². The number of allylic oxidation sites excluding steroid dienone is 10. The second kappa shape index (κ2) is 59.7. The third kappa shape index (κ3) is 57.9. The molecule has 0 aromatic carbocycles. The maximum absolute atomic E-state index is 12.9. The summed E-state index contributed by atoms with van der Waals surface area (Å²) < 4.78 is 16.9. The Bertz CT molecular complexity index is 1280. The average Bonchev–Trinajstić information content (AvgIpc) is 3.37. The summed E-state index contributed by atoms with van der Waals surface area (Å²) in [6.07, 6.45) is 75.0. The molecule has 0 radical (unpaired) electrons. The molecule has 0 fully saturated rings. The zero-order valence-corrected chi connectivity index (χ0v) is 47.2. The van der Waals surface area contributed by atoms with Gasteiger partial charge in [0.25, 0.3) is 0 Å². The Morgan fingerprint density at radius 3 is 0.817 bits per heavy atom. The molecule has 412 valence electrons. The summed E-state index contributed by atoms with van der Waals surface area (Å²) in [4.78, 5) is 38.3. The number of hydrogen-bond acceptors (Lipinski definition) is 6. The molecular formula is C65H116O6. The minimum atomic E-state index is -0.787. The second-order valence-corrected chi connectivity index (χ2v) is 20.6. The van der Waals surface area contributed by atoms with Gasteiger partial charge in [-0.3, -0.25) is 14.4 Å². The minimum Gasteiger partial charge on any atom is -0.462 e. The SMILES string of the molecule is CCCCC/C=C\C/C=C\C/C=C\CCCCCCC(=O)OC[C@H](COC(=O)CCCCCCCCCCCCCCCCCCCCC)OC(=O)CCCCCCCCC/C=C\C/C=C\CCCCC. The lowest BCUT2D eigenvalue weighted by molar-refractivity contribution is -0.167. The summed E-state index contributed by atoms with van der Waals surface area (Å²) in [5, 5.41) is 0. The Kier molecular flexibility index (Phi) is 57.2. The van der Waals surface area contributed by atoms with E-state index in [1.54, 1.807) is 0 Å². The highest BCUT2D eigenvalue weighted by atomic mass is 16.6. The van der Waals surface area contributed by atoms with Gasteiger partial charge in [0, 0.05) is 19.3 Å². The van der Waals surface area contributed by atoms with Crippen LogP contribution in [0, 0.1) is 0 Å². The van der Waals surface area contributed by atoms with Crippen molar-refractivity contribution in [2.24, 2.45) is 0 Å². The van der Waals surface area contributed by atoms with Gasteiger partial charge in [0.2, 0.25) is 0 Å². The lowest BCUT2D eigenvalue weighted by atomic mass is 10.0. The van der Waals surface area contributed by atoms with E-state index in [9.17, 15) is 14.4 Å². The largest absolute Gasteiger partial charge is 0.462 e. The Morgan fingerprint density at radius 1 is 0.282 bits per heavy atom. The number of carbonyl (C=O) groups excluding carboxylic acids is 3. The smallest absolute Gasteiger partial charge is 0.306 e. The van der Waals surface area contributed by atoms with Gasteiger partial charge in [0.15, 0.2) is 6.10 Å². The van der Waals surface area contributed by atoms with Gasteiger partial charge in [-0.05, 0) is 89.9 Å². The van der Waals surface area contributed by atoms with Crippen molar-refractivity contribution in [3.8, 4) is 0 Å². The van der Waals surface area contributed by atoms with E-state index >= 15 is 0 Å². The summed E-state index contributed by atoms with van der Waals surface area (Å²) in [5.74, 6) is -0.896. The minimum absolute atomic E-state index is 0.0819. The van der Waals surface area contributed by atoms with Crippen molar-refractivity contribution in [2.45, 2.75) is 322 Å². The summed E-state index contributed by atoms with van der Waals surface area (Å²) in [6.45, 7) is 6.60. The first-order valence-electron chi connectivity index (χ1n) is 30.8. The van der Waals surface area contributed by atoms with Crippen molar-refractivity contribution in [3.63, 3.8) is 0 Å². The molecule has 6 heteroatoms. The molecule has 0 aromatic heterocycles. The Hall–Kier alpha value is -2.89. The lowest BCUT2D eigenvalue weighted by Crippen LogP contribution is -2.30. The van der Waals surface area contributed by atoms with E-state index in [2.05, 4.69) is 81.5 Å². The maximum atomic E-state index is 12.9. The standard InChI is InChI=1S/C65H116O6/c1-4-7-10-13-16-19-22-25-28-31-32-35-37-40-43-46-49-52-55-58-64(67)70-61-62(71-65(68)59-56-53-50-47-44-41-38-34-30-27-24-21-18-15-12-9-6-3)60-69-63(66)57-54-51-48-45-42-39-36-33-29-26-23-20-17-14-11-8-5-2/h17-18,20-21,26-27,29-30,36,39,62H,4-16,19,22-25,28,31-35,37-38,40-61H2,1-3H3/b20-17-,21-18-,29-26-,30-27-,39-36-/t62-/m1/s1. The second-order valence-electron chi connectivity index (χ2n) is 20.6. The summed E-state index contributed by atoms with van der Waals surface area (Å²) in [6, 6.07) is 0. The highest BCUT2D eigenvalue weighted by Gasteiger charge is 2.19. The van der Waals surface area contributed by atoms with Crippen LogP contribution in [0.2, 0.25) is 0 Å². The number of esters is 3. The zero-order chi connectivity index (χ0) is 51.4. The third-order valence-electron chi connectivity index (χ3n) is 13.5. The van der Waals surface area contributed by atoms with Crippen LogP contribution >= 0.6 is 0 Å². The number of ether oxygens (including phenoxy) is 3. The summed E-state index contributed by atoms with van der Waals surface area (Å²) >= 11 is 0. The molecule has 71 heavy (non-hydrogen) atoms. The van der Waals surface area contributed by atoms with Crippen LogP contribution in [-0.2, 0) is 28.6 Å². The molecule has 0 bridgehead atoms. The van der Waals surface area contributed by atoms with Crippen LogP contribution < -0.4 is 0 Å². The molecule has 0 aromatic rings. The first kappa shape index (κ1) is 68.1. The highest BCUT2D eigenvalue weighted by Crippen LogP contribution is 2.17. The first-order chi connectivity index (χ1) is 35.0. The molecule has 0 aliphatic rings. The molecule has 0 amide bonds. The Labute approximate surface area is 440 Å². The lowest BCUT2D eigenvalue weighted by Gasteiger charge is -2.18. The van der Waals surface area contributed by atoms with Crippen molar-refractivity contribution >= 4 is 17.9 Å². The monoisotopic (exact) mass is 993 g/mol. The normalized spacial score (nSPS) is 12.4. The van der Waals surface area contributed by atoms with Crippen LogP contribution in [-0.4, -0.2) is 37.2 Å². The van der Waals surface area contributed by atoms with E-state index in [0.717, 1.165) is 96.3 Å². The third-order valence-corrected chi connectivity index (χ3v) is 13.5. The van der Waals surface area contributed by atoms with E-state index in [-0.39, 0.29) is 31.1 Å². The van der Waals surface area contributed by atoms with Gasteiger partial charge in [0.1, 0.15) is 13.2 Å². The molecule has 0 spiro atoms. The topological polar surface area (TPSA) is 78.9 Å². The van der Waals surface area contributed by atoms with E-state index < -0.39 is 6.10 Å². The molecule has 0 saturated carbocycles. The average molecular weight is 994 g/mol. The predicted octanol–water partition coefficient (Wildman–Crippen LogP) is 20.8. The van der Waals surface area contributed by atoms with Crippen LogP contribution in [0.25, 0.3) is 0 Å². The molecule has 0 saturated heterocycles. The van der Waals surface area contributed by atoms with Crippen LogP contribution in [0.1, 0.15) is 316 Å². The molecule has 0 heterocycles. The number of unbranched alkanes of at least 4 members (excludes halogenated alkanes) is 35. The zero-order valence-electron chi connectivity index (χ0n) is 47.2. The molecule has 0 N–H and O–H groups in total. The number of hydrogen-bond donors (Lipinski definition) is 0. The fraction of sp³-hybridized carbons (Fsp3) is 0.800. The van der Waals surface area contributed by atoms with Crippen LogP contribution in [0.4, 0.5) is 0 Å². The number of rotatable bonds is 56. The van der Waals surface area contributed by atoms with Crippen LogP contribution in [0.15, 0.2) is 60.8 Å². The summed E-state index contributed by atoms with van der Waals surface area (Å²) in [7, 11) is 0. The maximum Gasteiger partial charge on any atom is 0.306 e. The van der Waals surface area contributed by atoms with Crippen molar-refractivity contribution in [1.82, 2.24) is 0 Å².